The Bertz CT molecular complexity index is 864. The topological polar surface area (TPSA) is 105 Å². The fourth-order valence-corrected chi connectivity index (χ4v) is 3.34. The molecule has 29 heavy (non-hydrogen) atoms. The monoisotopic (exact) mass is 396 g/mol. The summed E-state index contributed by atoms with van der Waals surface area (Å²) in [7, 11) is 0. The smallest absolute Gasteiger partial charge is 0.317 e. The van der Waals surface area contributed by atoms with E-state index in [2.05, 4.69) is 10.6 Å². The average molecular weight is 396 g/mol. The van der Waals surface area contributed by atoms with Crippen molar-refractivity contribution in [2.75, 3.05) is 13.1 Å². The van der Waals surface area contributed by atoms with E-state index < -0.39 is 4.92 Å². The molecule has 0 bridgehead atoms. The van der Waals surface area contributed by atoms with Gasteiger partial charge < -0.3 is 15.5 Å². The van der Waals surface area contributed by atoms with Crippen molar-refractivity contribution in [3.8, 4) is 0 Å². The summed E-state index contributed by atoms with van der Waals surface area (Å²) in [5, 5.41) is 16.6. The van der Waals surface area contributed by atoms with Crippen LogP contribution in [-0.4, -0.2) is 34.9 Å². The third kappa shape index (κ3) is 5.78. The van der Waals surface area contributed by atoms with E-state index in [9.17, 15) is 19.7 Å². The number of rotatable bonds is 6. The van der Waals surface area contributed by atoms with E-state index in [0.717, 1.165) is 5.56 Å². The Morgan fingerprint density at radius 1 is 0.966 bits per heavy atom. The minimum atomic E-state index is -0.459. The highest BCUT2D eigenvalue weighted by atomic mass is 16.6. The maximum atomic E-state index is 12.4. The molecule has 1 fully saturated rings. The van der Waals surface area contributed by atoms with Gasteiger partial charge in [-0.3, -0.25) is 14.9 Å². The molecule has 1 heterocycles. The number of hydrogen-bond donors (Lipinski definition) is 2. The molecule has 0 aromatic heterocycles. The molecular weight excluding hydrogens is 372 g/mol. The first-order valence-electron chi connectivity index (χ1n) is 9.60. The second kappa shape index (κ2) is 9.68. The largest absolute Gasteiger partial charge is 0.352 e. The number of nitrogens with one attached hydrogen (secondary N) is 2. The highest BCUT2D eigenvalue weighted by Crippen LogP contribution is 2.18. The van der Waals surface area contributed by atoms with Crippen LogP contribution in [0.15, 0.2) is 54.6 Å². The SMILES string of the molecule is O=C(NCc1ccccc1)C1CCN(C(=O)NCc2cccc([N+](=O)[O-])c2)CC1. The number of likely N-dealkylation sites (tertiary alicyclic amines) is 1. The van der Waals surface area contributed by atoms with Gasteiger partial charge in [0.2, 0.25) is 5.91 Å². The van der Waals surface area contributed by atoms with Crippen molar-refractivity contribution in [3.05, 3.63) is 75.8 Å². The third-order valence-electron chi connectivity index (χ3n) is 5.03. The Morgan fingerprint density at radius 3 is 2.31 bits per heavy atom. The second-order valence-corrected chi connectivity index (χ2v) is 7.05. The normalized spacial score (nSPS) is 14.3. The van der Waals surface area contributed by atoms with Gasteiger partial charge in [0.15, 0.2) is 0 Å². The number of piperidine rings is 1. The number of carbonyl (C=O) groups excluding carboxylic acids is 2. The minimum Gasteiger partial charge on any atom is -0.352 e. The van der Waals surface area contributed by atoms with Crippen LogP contribution < -0.4 is 10.6 Å². The summed E-state index contributed by atoms with van der Waals surface area (Å²) in [5.41, 5.74) is 1.72. The highest BCUT2D eigenvalue weighted by Gasteiger charge is 2.27. The predicted octanol–water partition coefficient (Wildman–Crippen LogP) is 2.83. The van der Waals surface area contributed by atoms with Crippen molar-refractivity contribution in [1.29, 1.82) is 0 Å². The number of benzene rings is 2. The summed E-state index contributed by atoms with van der Waals surface area (Å²) >= 11 is 0. The van der Waals surface area contributed by atoms with Crippen LogP contribution >= 0.6 is 0 Å². The van der Waals surface area contributed by atoms with Gasteiger partial charge in [0.25, 0.3) is 5.69 Å². The van der Waals surface area contributed by atoms with E-state index in [4.69, 9.17) is 0 Å². The Balaban J connectivity index is 1.41. The fourth-order valence-electron chi connectivity index (χ4n) is 3.34. The van der Waals surface area contributed by atoms with Crippen LogP contribution in [0.25, 0.3) is 0 Å². The summed E-state index contributed by atoms with van der Waals surface area (Å²) in [4.78, 5) is 36.8. The zero-order valence-corrected chi connectivity index (χ0v) is 16.0. The van der Waals surface area contributed by atoms with Crippen LogP contribution in [0.5, 0.6) is 0 Å². The molecule has 0 radical (unpaired) electrons. The molecule has 8 heteroatoms. The molecule has 3 rings (SSSR count). The van der Waals surface area contributed by atoms with Crippen molar-refractivity contribution >= 4 is 17.6 Å². The van der Waals surface area contributed by atoms with Gasteiger partial charge in [-0.25, -0.2) is 4.79 Å². The maximum Gasteiger partial charge on any atom is 0.317 e. The third-order valence-corrected chi connectivity index (χ3v) is 5.03. The van der Waals surface area contributed by atoms with Crippen LogP contribution in [-0.2, 0) is 17.9 Å². The Morgan fingerprint density at radius 2 is 1.62 bits per heavy atom. The minimum absolute atomic E-state index is 0.000853. The van der Waals surface area contributed by atoms with Crippen LogP contribution in [0.1, 0.15) is 24.0 Å². The van der Waals surface area contributed by atoms with Crippen molar-refractivity contribution in [1.82, 2.24) is 15.5 Å². The lowest BCUT2D eigenvalue weighted by Gasteiger charge is -2.31. The summed E-state index contributed by atoms with van der Waals surface area (Å²) in [6, 6.07) is 15.7. The molecule has 0 saturated carbocycles. The van der Waals surface area contributed by atoms with Gasteiger partial charge in [-0.05, 0) is 24.0 Å². The zero-order valence-electron chi connectivity index (χ0n) is 16.0. The summed E-state index contributed by atoms with van der Waals surface area (Å²) in [5.74, 6) is -0.0787. The van der Waals surface area contributed by atoms with E-state index in [1.54, 1.807) is 17.0 Å². The number of amides is 3. The van der Waals surface area contributed by atoms with Crippen LogP contribution in [0.3, 0.4) is 0 Å². The standard InChI is InChI=1S/C21H24N4O4/c26-20(22-14-16-5-2-1-3-6-16)18-9-11-24(12-10-18)21(27)23-15-17-7-4-8-19(13-17)25(28)29/h1-8,13,18H,9-12,14-15H2,(H,22,26)(H,23,27). The Labute approximate surface area is 169 Å². The van der Waals surface area contributed by atoms with Gasteiger partial charge in [0.05, 0.1) is 4.92 Å². The summed E-state index contributed by atoms with van der Waals surface area (Å²) < 4.78 is 0. The van der Waals surface area contributed by atoms with Crippen molar-refractivity contribution < 1.29 is 14.5 Å². The van der Waals surface area contributed by atoms with E-state index >= 15 is 0 Å². The molecule has 1 saturated heterocycles. The van der Waals surface area contributed by atoms with Crippen LogP contribution in [0.4, 0.5) is 10.5 Å². The fraction of sp³-hybridized carbons (Fsp3) is 0.333. The Hall–Kier alpha value is -3.42. The maximum absolute atomic E-state index is 12.4. The number of nitro groups is 1. The molecule has 2 aromatic carbocycles. The number of urea groups is 1. The van der Waals surface area contributed by atoms with E-state index in [0.29, 0.717) is 38.0 Å². The quantitative estimate of drug-likeness (QED) is 0.579. The first-order chi connectivity index (χ1) is 14.0. The van der Waals surface area contributed by atoms with Gasteiger partial charge in [-0.2, -0.15) is 0 Å². The van der Waals surface area contributed by atoms with E-state index in [-0.39, 0.29) is 30.1 Å². The molecule has 1 aliphatic heterocycles. The van der Waals surface area contributed by atoms with Gasteiger partial charge >= 0.3 is 6.03 Å². The lowest BCUT2D eigenvalue weighted by atomic mass is 9.96. The van der Waals surface area contributed by atoms with Gasteiger partial charge in [-0.15, -0.1) is 0 Å². The number of carbonyl (C=O) groups is 2. The number of nitrogens with zero attached hydrogens (tertiary/aromatic N) is 2. The predicted molar refractivity (Wildman–Crippen MR) is 108 cm³/mol. The molecule has 152 valence electrons. The summed E-state index contributed by atoms with van der Waals surface area (Å²) in [6.07, 6.45) is 1.23. The zero-order chi connectivity index (χ0) is 20.6. The summed E-state index contributed by atoms with van der Waals surface area (Å²) in [6.45, 7) is 1.73. The molecule has 0 atom stereocenters. The molecule has 0 spiro atoms. The van der Waals surface area contributed by atoms with Crippen molar-refractivity contribution in [2.45, 2.75) is 25.9 Å². The van der Waals surface area contributed by atoms with E-state index in [1.165, 1.54) is 12.1 Å². The lowest BCUT2D eigenvalue weighted by Crippen LogP contribution is -2.46. The molecule has 1 aliphatic rings. The van der Waals surface area contributed by atoms with Crippen molar-refractivity contribution in [3.63, 3.8) is 0 Å². The molecular formula is C21H24N4O4. The lowest BCUT2D eigenvalue weighted by molar-refractivity contribution is -0.384. The number of non-ortho nitro benzene ring substituents is 1. The second-order valence-electron chi connectivity index (χ2n) is 7.05. The Kier molecular flexibility index (Phi) is 6.78. The molecule has 2 N–H and O–H groups in total. The molecule has 0 aliphatic carbocycles. The van der Waals surface area contributed by atoms with E-state index in [1.807, 2.05) is 30.3 Å². The number of nitro benzene ring substituents is 1. The molecule has 8 nitrogen and oxygen atoms in total. The number of hydrogen-bond acceptors (Lipinski definition) is 4. The average Bonchev–Trinajstić information content (AvgIpc) is 2.77. The molecule has 2 aromatic rings. The van der Waals surface area contributed by atoms with Crippen LogP contribution in [0, 0.1) is 16.0 Å². The van der Waals surface area contributed by atoms with Crippen molar-refractivity contribution in [2.24, 2.45) is 5.92 Å². The highest BCUT2D eigenvalue weighted by molar-refractivity contribution is 5.79. The van der Waals surface area contributed by atoms with Crippen LogP contribution in [0.2, 0.25) is 0 Å². The molecule has 3 amide bonds. The molecule has 0 unspecified atom stereocenters. The first-order valence-corrected chi connectivity index (χ1v) is 9.60. The first kappa shape index (κ1) is 20.3. The van der Waals surface area contributed by atoms with Gasteiger partial charge in [0, 0.05) is 44.2 Å². The van der Waals surface area contributed by atoms with Gasteiger partial charge in [-0.1, -0.05) is 42.5 Å². The van der Waals surface area contributed by atoms with Gasteiger partial charge in [0.1, 0.15) is 0 Å².